The number of nitrogens with two attached hydrogens (primary N) is 1. The molecule has 1 fully saturated rings. The molecule has 2 N–H and O–H groups in total. The Morgan fingerprint density at radius 2 is 2.00 bits per heavy atom. The minimum absolute atomic E-state index is 0.00931. The van der Waals surface area contributed by atoms with Gasteiger partial charge < -0.3 is 10.5 Å². The second kappa shape index (κ2) is 4.30. The molecule has 1 heterocycles. The van der Waals surface area contributed by atoms with Crippen molar-refractivity contribution in [2.24, 2.45) is 11.7 Å². The van der Waals surface area contributed by atoms with E-state index in [1.807, 2.05) is 0 Å². The van der Waals surface area contributed by atoms with Crippen molar-refractivity contribution in [3.05, 3.63) is 29.6 Å². The average molecular weight is 235 g/mol. The highest BCUT2D eigenvalue weighted by Gasteiger charge is 2.33. The monoisotopic (exact) mass is 235 g/mol. The molecule has 2 nitrogen and oxygen atoms in total. The fraction of sp³-hybridized carbons (Fsp3) is 0.571. The van der Waals surface area contributed by atoms with Gasteiger partial charge in [0.1, 0.15) is 17.7 Å². The number of fused-ring (bicyclic) bond motifs is 1. The standard InChI is InChI=1S/C14H18FNO/c15-10-5-6-11-12(16)8-13(17-14(11)7-10)9-3-1-2-4-9/h5-7,9,12-13H,1-4,8,16H2. The van der Waals surface area contributed by atoms with Crippen molar-refractivity contribution in [3.63, 3.8) is 0 Å². The van der Waals surface area contributed by atoms with Crippen LogP contribution in [0.15, 0.2) is 18.2 Å². The van der Waals surface area contributed by atoms with Gasteiger partial charge in [-0.2, -0.15) is 0 Å². The molecule has 1 saturated carbocycles. The number of hydrogen-bond acceptors (Lipinski definition) is 2. The van der Waals surface area contributed by atoms with Crippen molar-refractivity contribution < 1.29 is 9.13 Å². The first-order valence-corrected chi connectivity index (χ1v) is 6.46. The second-order valence-corrected chi connectivity index (χ2v) is 5.23. The molecule has 0 bridgehead atoms. The zero-order valence-corrected chi connectivity index (χ0v) is 9.86. The molecule has 1 aromatic carbocycles. The van der Waals surface area contributed by atoms with Gasteiger partial charge in [0.05, 0.1) is 0 Å². The predicted molar refractivity (Wildman–Crippen MR) is 64.3 cm³/mol. The van der Waals surface area contributed by atoms with E-state index in [1.165, 1.54) is 37.8 Å². The number of hydrogen-bond donors (Lipinski definition) is 1. The summed E-state index contributed by atoms with van der Waals surface area (Å²) in [5.74, 6) is 1.01. The van der Waals surface area contributed by atoms with Crippen molar-refractivity contribution in [1.82, 2.24) is 0 Å². The lowest BCUT2D eigenvalue weighted by Gasteiger charge is -2.33. The van der Waals surface area contributed by atoms with E-state index in [0.717, 1.165) is 12.0 Å². The van der Waals surface area contributed by atoms with Crippen LogP contribution in [0.3, 0.4) is 0 Å². The lowest BCUT2D eigenvalue weighted by atomic mass is 9.89. The lowest BCUT2D eigenvalue weighted by molar-refractivity contribution is 0.101. The SMILES string of the molecule is NC1CC(C2CCCC2)Oc2cc(F)ccc21. The van der Waals surface area contributed by atoms with E-state index < -0.39 is 0 Å². The molecule has 0 radical (unpaired) electrons. The van der Waals surface area contributed by atoms with Crippen LogP contribution in [0, 0.1) is 11.7 Å². The molecule has 0 aromatic heterocycles. The summed E-state index contributed by atoms with van der Waals surface area (Å²) in [6.45, 7) is 0. The van der Waals surface area contributed by atoms with Crippen LogP contribution in [0.5, 0.6) is 5.75 Å². The fourth-order valence-corrected chi connectivity index (χ4v) is 3.12. The van der Waals surface area contributed by atoms with Crippen LogP contribution >= 0.6 is 0 Å². The molecule has 0 amide bonds. The van der Waals surface area contributed by atoms with Gasteiger partial charge in [0.15, 0.2) is 0 Å². The number of benzene rings is 1. The Labute approximate surface area is 101 Å². The Morgan fingerprint density at radius 1 is 1.24 bits per heavy atom. The van der Waals surface area contributed by atoms with Crippen LogP contribution in [0.25, 0.3) is 0 Å². The maximum atomic E-state index is 13.2. The summed E-state index contributed by atoms with van der Waals surface area (Å²) in [6.07, 6.45) is 6.07. The van der Waals surface area contributed by atoms with E-state index in [0.29, 0.717) is 11.7 Å². The van der Waals surface area contributed by atoms with Crippen molar-refractivity contribution in [1.29, 1.82) is 0 Å². The number of rotatable bonds is 1. The molecular weight excluding hydrogens is 217 g/mol. The minimum Gasteiger partial charge on any atom is -0.490 e. The third-order valence-corrected chi connectivity index (χ3v) is 4.07. The fourth-order valence-electron chi connectivity index (χ4n) is 3.12. The Balaban J connectivity index is 1.85. The maximum Gasteiger partial charge on any atom is 0.127 e. The molecule has 2 unspecified atom stereocenters. The Morgan fingerprint density at radius 3 is 2.76 bits per heavy atom. The van der Waals surface area contributed by atoms with Gasteiger partial charge in [-0.05, 0) is 24.8 Å². The summed E-state index contributed by atoms with van der Waals surface area (Å²) >= 11 is 0. The highest BCUT2D eigenvalue weighted by Crippen LogP contribution is 2.40. The summed E-state index contributed by atoms with van der Waals surface area (Å²) < 4.78 is 19.2. The smallest absolute Gasteiger partial charge is 0.127 e. The van der Waals surface area contributed by atoms with Gasteiger partial charge in [-0.1, -0.05) is 18.9 Å². The van der Waals surface area contributed by atoms with Crippen LogP contribution in [-0.4, -0.2) is 6.10 Å². The van der Waals surface area contributed by atoms with Crippen LogP contribution in [-0.2, 0) is 0 Å². The van der Waals surface area contributed by atoms with Gasteiger partial charge in [0, 0.05) is 24.1 Å². The van der Waals surface area contributed by atoms with E-state index in [-0.39, 0.29) is 18.0 Å². The summed E-state index contributed by atoms with van der Waals surface area (Å²) in [6, 6.07) is 4.67. The van der Waals surface area contributed by atoms with Gasteiger partial charge >= 0.3 is 0 Å². The van der Waals surface area contributed by atoms with Crippen molar-refractivity contribution in [2.45, 2.75) is 44.2 Å². The second-order valence-electron chi connectivity index (χ2n) is 5.23. The average Bonchev–Trinajstić information content (AvgIpc) is 2.81. The highest BCUT2D eigenvalue weighted by atomic mass is 19.1. The van der Waals surface area contributed by atoms with Gasteiger partial charge in [-0.15, -0.1) is 0 Å². The first-order valence-electron chi connectivity index (χ1n) is 6.46. The highest BCUT2D eigenvalue weighted by molar-refractivity contribution is 5.38. The van der Waals surface area contributed by atoms with E-state index in [2.05, 4.69) is 0 Å². The molecule has 2 atom stereocenters. The van der Waals surface area contributed by atoms with E-state index in [9.17, 15) is 4.39 Å². The quantitative estimate of drug-likeness (QED) is 0.811. The lowest BCUT2D eigenvalue weighted by Crippen LogP contribution is -2.34. The summed E-state index contributed by atoms with van der Waals surface area (Å²) in [5.41, 5.74) is 7.10. The van der Waals surface area contributed by atoms with Crippen LogP contribution in [0.2, 0.25) is 0 Å². The van der Waals surface area contributed by atoms with E-state index >= 15 is 0 Å². The van der Waals surface area contributed by atoms with Crippen molar-refractivity contribution >= 4 is 0 Å². The summed E-state index contributed by atoms with van der Waals surface area (Å²) in [7, 11) is 0. The molecular formula is C14H18FNO. The van der Waals surface area contributed by atoms with Crippen molar-refractivity contribution in [3.8, 4) is 5.75 Å². The Bertz CT molecular complexity index is 415. The van der Waals surface area contributed by atoms with Crippen LogP contribution in [0.4, 0.5) is 4.39 Å². The first-order chi connectivity index (χ1) is 8.24. The Hall–Kier alpha value is -1.09. The normalized spacial score (nSPS) is 28.8. The van der Waals surface area contributed by atoms with Gasteiger partial charge in [0.25, 0.3) is 0 Å². The zero-order valence-electron chi connectivity index (χ0n) is 9.86. The molecule has 1 aromatic rings. The Kier molecular flexibility index (Phi) is 2.79. The molecule has 1 aliphatic carbocycles. The van der Waals surface area contributed by atoms with Gasteiger partial charge in [0.2, 0.25) is 0 Å². The third kappa shape index (κ3) is 2.04. The van der Waals surface area contributed by atoms with E-state index in [4.69, 9.17) is 10.5 Å². The summed E-state index contributed by atoms with van der Waals surface area (Å²) in [5, 5.41) is 0. The third-order valence-electron chi connectivity index (χ3n) is 4.07. The van der Waals surface area contributed by atoms with Crippen molar-refractivity contribution in [2.75, 3.05) is 0 Å². The minimum atomic E-state index is -0.247. The van der Waals surface area contributed by atoms with Gasteiger partial charge in [-0.3, -0.25) is 0 Å². The molecule has 1 aliphatic heterocycles. The van der Waals surface area contributed by atoms with Crippen LogP contribution < -0.4 is 10.5 Å². The van der Waals surface area contributed by atoms with Crippen LogP contribution in [0.1, 0.15) is 43.7 Å². The topological polar surface area (TPSA) is 35.2 Å². The summed E-state index contributed by atoms with van der Waals surface area (Å²) in [4.78, 5) is 0. The molecule has 3 rings (SSSR count). The largest absolute Gasteiger partial charge is 0.490 e. The predicted octanol–water partition coefficient (Wildman–Crippen LogP) is 3.17. The molecule has 2 aliphatic rings. The number of halogens is 1. The molecule has 3 heteroatoms. The molecule has 92 valence electrons. The first kappa shape index (κ1) is 11.0. The maximum absolute atomic E-state index is 13.2. The number of ether oxygens (including phenoxy) is 1. The molecule has 0 saturated heterocycles. The van der Waals surface area contributed by atoms with Gasteiger partial charge in [-0.25, -0.2) is 4.39 Å². The zero-order chi connectivity index (χ0) is 11.8. The molecule has 17 heavy (non-hydrogen) atoms. The van der Waals surface area contributed by atoms with E-state index in [1.54, 1.807) is 6.07 Å². The molecule has 0 spiro atoms.